The van der Waals surface area contributed by atoms with Crippen LogP contribution in [0.4, 0.5) is 0 Å². The first-order valence-electron chi connectivity index (χ1n) is 9.92. The van der Waals surface area contributed by atoms with Crippen molar-refractivity contribution in [1.82, 2.24) is 9.80 Å². The van der Waals surface area contributed by atoms with Crippen LogP contribution in [0, 0.1) is 5.92 Å². The van der Waals surface area contributed by atoms with E-state index in [0.29, 0.717) is 30.1 Å². The Hall–Kier alpha value is -2.22. The summed E-state index contributed by atoms with van der Waals surface area (Å²) >= 11 is 3.30. The summed E-state index contributed by atoms with van der Waals surface area (Å²) < 4.78 is 5.99. The zero-order valence-corrected chi connectivity index (χ0v) is 18.2. The van der Waals surface area contributed by atoms with Gasteiger partial charge in [-0.2, -0.15) is 0 Å². The molecule has 1 fully saturated rings. The number of ether oxygens (including phenoxy) is 1. The van der Waals surface area contributed by atoms with Crippen LogP contribution in [-0.4, -0.2) is 59.2 Å². The number of imide groups is 1. The minimum Gasteiger partial charge on any atom is -0.453 e. The Kier molecular flexibility index (Phi) is 6.72. The Morgan fingerprint density at radius 3 is 2.52 bits per heavy atom. The normalized spacial score (nSPS) is 18.0. The summed E-state index contributed by atoms with van der Waals surface area (Å²) in [5, 5.41) is 0. The van der Waals surface area contributed by atoms with Gasteiger partial charge in [-0.05, 0) is 50.3 Å². The van der Waals surface area contributed by atoms with Crippen LogP contribution in [0.3, 0.4) is 0 Å². The van der Waals surface area contributed by atoms with E-state index in [1.54, 1.807) is 30.0 Å². The Bertz CT molecular complexity index is 832. The average Bonchev–Trinajstić information content (AvgIpc) is 2.92. The van der Waals surface area contributed by atoms with Crippen LogP contribution in [0.2, 0.25) is 0 Å². The smallest absolute Gasteiger partial charge is 0.306 e. The molecule has 0 saturated carbocycles. The number of esters is 1. The summed E-state index contributed by atoms with van der Waals surface area (Å²) in [6, 6.07) is 4.95. The molecule has 3 amide bonds. The molecule has 1 unspecified atom stereocenters. The van der Waals surface area contributed by atoms with Gasteiger partial charge >= 0.3 is 5.97 Å². The van der Waals surface area contributed by atoms with E-state index >= 15 is 0 Å². The third-order valence-corrected chi connectivity index (χ3v) is 5.94. The molecule has 0 N–H and O–H groups in total. The van der Waals surface area contributed by atoms with Crippen LogP contribution in [0.5, 0.6) is 0 Å². The van der Waals surface area contributed by atoms with Crippen molar-refractivity contribution in [2.45, 2.75) is 45.6 Å². The molecular formula is C21H25BrN2O5. The molecule has 0 radical (unpaired) electrons. The number of amides is 3. The topological polar surface area (TPSA) is 84.0 Å². The summed E-state index contributed by atoms with van der Waals surface area (Å²) in [5.41, 5.74) is 0.734. The second-order valence-electron chi connectivity index (χ2n) is 7.70. The number of carbonyl (C=O) groups is 4. The Labute approximate surface area is 178 Å². The number of hydrogen-bond donors (Lipinski definition) is 0. The zero-order chi connectivity index (χ0) is 21.1. The third-order valence-electron chi connectivity index (χ3n) is 5.45. The number of rotatable bonds is 6. The minimum atomic E-state index is -0.826. The number of nitrogens with zero attached hydrogens (tertiary/aromatic N) is 2. The molecule has 0 bridgehead atoms. The first kappa shape index (κ1) is 21.5. The van der Waals surface area contributed by atoms with E-state index < -0.39 is 12.1 Å². The fourth-order valence-corrected chi connectivity index (χ4v) is 4.00. The van der Waals surface area contributed by atoms with Crippen LogP contribution in [0.1, 0.15) is 60.2 Å². The quantitative estimate of drug-likeness (QED) is 0.477. The summed E-state index contributed by atoms with van der Waals surface area (Å²) in [6.45, 7) is 5.26. The van der Waals surface area contributed by atoms with Crippen LogP contribution >= 0.6 is 15.9 Å². The van der Waals surface area contributed by atoms with Gasteiger partial charge in [0.25, 0.3) is 17.7 Å². The van der Waals surface area contributed by atoms with Crippen LogP contribution in [0.15, 0.2) is 22.7 Å². The van der Waals surface area contributed by atoms with Crippen LogP contribution < -0.4 is 0 Å². The van der Waals surface area contributed by atoms with Crippen molar-refractivity contribution in [3.05, 3.63) is 33.8 Å². The first-order chi connectivity index (χ1) is 13.8. The molecule has 3 rings (SSSR count). The van der Waals surface area contributed by atoms with Gasteiger partial charge in [0.15, 0.2) is 6.10 Å². The molecule has 1 aromatic rings. The average molecular weight is 465 g/mol. The molecule has 2 heterocycles. The van der Waals surface area contributed by atoms with Gasteiger partial charge in [0.2, 0.25) is 0 Å². The van der Waals surface area contributed by atoms with Gasteiger partial charge in [0.05, 0.1) is 11.1 Å². The van der Waals surface area contributed by atoms with Gasteiger partial charge in [-0.15, -0.1) is 0 Å². The van der Waals surface area contributed by atoms with Gasteiger partial charge in [0.1, 0.15) is 0 Å². The monoisotopic (exact) mass is 464 g/mol. The predicted octanol–water partition coefficient (Wildman–Crippen LogP) is 3.02. The van der Waals surface area contributed by atoms with E-state index in [1.807, 2.05) is 0 Å². The number of halogens is 1. The van der Waals surface area contributed by atoms with Crippen molar-refractivity contribution in [1.29, 1.82) is 0 Å². The Morgan fingerprint density at radius 2 is 1.83 bits per heavy atom. The maximum Gasteiger partial charge on any atom is 0.306 e. The van der Waals surface area contributed by atoms with Gasteiger partial charge in [-0.3, -0.25) is 24.1 Å². The highest BCUT2D eigenvalue weighted by Crippen LogP contribution is 2.26. The summed E-state index contributed by atoms with van der Waals surface area (Å²) in [7, 11) is 0. The van der Waals surface area contributed by atoms with E-state index in [9.17, 15) is 19.2 Å². The van der Waals surface area contributed by atoms with E-state index in [2.05, 4.69) is 22.9 Å². The van der Waals surface area contributed by atoms with Crippen molar-refractivity contribution >= 4 is 39.6 Å². The Balaban J connectivity index is 1.45. The zero-order valence-electron chi connectivity index (χ0n) is 16.7. The Morgan fingerprint density at radius 1 is 1.17 bits per heavy atom. The fourth-order valence-electron chi connectivity index (χ4n) is 3.64. The van der Waals surface area contributed by atoms with Gasteiger partial charge in [0, 0.05) is 30.5 Å². The molecule has 2 aliphatic rings. The largest absolute Gasteiger partial charge is 0.453 e. The molecule has 7 nitrogen and oxygen atoms in total. The van der Waals surface area contributed by atoms with E-state index in [0.717, 1.165) is 22.2 Å². The molecule has 8 heteroatoms. The van der Waals surface area contributed by atoms with Crippen molar-refractivity contribution in [2.75, 3.05) is 19.6 Å². The van der Waals surface area contributed by atoms with Crippen molar-refractivity contribution < 1.29 is 23.9 Å². The fraction of sp³-hybridized carbons (Fsp3) is 0.524. The van der Waals surface area contributed by atoms with Gasteiger partial charge in [-0.1, -0.05) is 22.9 Å². The van der Waals surface area contributed by atoms with Gasteiger partial charge < -0.3 is 9.64 Å². The van der Waals surface area contributed by atoms with Crippen molar-refractivity contribution in [2.24, 2.45) is 5.92 Å². The molecule has 0 aromatic heterocycles. The molecular weight excluding hydrogens is 440 g/mol. The minimum absolute atomic E-state index is 0.0335. The third kappa shape index (κ3) is 4.86. The summed E-state index contributed by atoms with van der Waals surface area (Å²) in [4.78, 5) is 52.2. The van der Waals surface area contributed by atoms with E-state index in [4.69, 9.17) is 4.74 Å². The number of likely N-dealkylation sites (tertiary alicyclic amines) is 1. The molecule has 156 valence electrons. The second kappa shape index (κ2) is 9.07. The van der Waals surface area contributed by atoms with E-state index in [-0.39, 0.29) is 37.1 Å². The predicted molar refractivity (Wildman–Crippen MR) is 109 cm³/mol. The summed E-state index contributed by atoms with van der Waals surface area (Å²) in [6.07, 6.45) is 1.42. The lowest BCUT2D eigenvalue weighted by Gasteiger charge is -2.31. The number of fused-ring (bicyclic) bond motifs is 1. The molecule has 2 aliphatic heterocycles. The maximum atomic E-state index is 12.4. The van der Waals surface area contributed by atoms with Gasteiger partial charge in [-0.25, -0.2) is 0 Å². The van der Waals surface area contributed by atoms with Crippen molar-refractivity contribution in [3.63, 3.8) is 0 Å². The molecule has 0 aliphatic carbocycles. The lowest BCUT2D eigenvalue weighted by Crippen LogP contribution is -2.44. The summed E-state index contributed by atoms with van der Waals surface area (Å²) in [5.74, 6) is -0.775. The number of piperidine rings is 1. The first-order valence-corrected chi connectivity index (χ1v) is 10.7. The highest BCUT2D eigenvalue weighted by molar-refractivity contribution is 9.10. The van der Waals surface area contributed by atoms with Crippen LogP contribution in [-0.2, 0) is 14.3 Å². The second-order valence-corrected chi connectivity index (χ2v) is 8.61. The molecule has 1 aromatic carbocycles. The standard InChI is InChI=1S/C21H25BrN2O5/c1-13-7-10-23(11-8-13)19(26)14(2)29-18(25)4-3-9-24-20(27)16-6-5-15(22)12-17(16)21(24)28/h5-6,12-14H,3-4,7-11H2,1-2H3. The number of benzene rings is 1. The number of carbonyl (C=O) groups excluding carboxylic acids is 4. The van der Waals surface area contributed by atoms with E-state index in [1.165, 1.54) is 0 Å². The number of hydrogen-bond acceptors (Lipinski definition) is 5. The molecule has 29 heavy (non-hydrogen) atoms. The van der Waals surface area contributed by atoms with Crippen molar-refractivity contribution in [3.8, 4) is 0 Å². The molecule has 1 saturated heterocycles. The highest BCUT2D eigenvalue weighted by Gasteiger charge is 2.35. The van der Waals surface area contributed by atoms with Crippen LogP contribution in [0.25, 0.3) is 0 Å². The molecule has 0 spiro atoms. The lowest BCUT2D eigenvalue weighted by atomic mass is 9.99. The molecule has 1 atom stereocenters. The maximum absolute atomic E-state index is 12.4. The SMILES string of the molecule is CC1CCN(C(=O)C(C)OC(=O)CCCN2C(=O)c3ccc(Br)cc3C2=O)CC1. The highest BCUT2D eigenvalue weighted by atomic mass is 79.9. The lowest BCUT2D eigenvalue weighted by molar-refractivity contribution is -0.159.